The minimum Gasteiger partial charge on any atom is -0.481 e. The van der Waals surface area contributed by atoms with Gasteiger partial charge in [0.05, 0.1) is 0 Å². The number of carboxylic acid groups (broad SMARTS) is 1. The maximum atomic E-state index is 12.3. The van der Waals surface area contributed by atoms with Gasteiger partial charge >= 0.3 is 12.0 Å². The Morgan fingerprint density at radius 1 is 1.22 bits per heavy atom. The molecule has 1 unspecified atom stereocenters. The summed E-state index contributed by atoms with van der Waals surface area (Å²) in [4.78, 5) is 29.1. The molecule has 27 heavy (non-hydrogen) atoms. The van der Waals surface area contributed by atoms with Crippen LogP contribution < -0.4 is 10.1 Å². The lowest BCUT2D eigenvalue weighted by Crippen LogP contribution is -2.45. The molecule has 0 saturated carbocycles. The standard InChI is InChI=1S/C20H23N3O4/c24-19(25)11-15-5-4-10-23(14-15)20(26)22-13-16-8-9-18(21-12-16)27-17-6-2-1-3-7-17/h1-3,6-9,12,15H,4-5,10-11,13-14H2,(H,22,26)(H,24,25). The van der Waals surface area contributed by atoms with Crippen LogP contribution in [0.2, 0.25) is 0 Å². The number of urea groups is 1. The summed E-state index contributed by atoms with van der Waals surface area (Å²) in [7, 11) is 0. The fraction of sp³-hybridized carbons (Fsp3) is 0.350. The first kappa shape index (κ1) is 18.7. The molecule has 1 aromatic carbocycles. The predicted molar refractivity (Wildman–Crippen MR) is 99.5 cm³/mol. The van der Waals surface area contributed by atoms with Crippen molar-refractivity contribution in [3.8, 4) is 11.6 Å². The van der Waals surface area contributed by atoms with E-state index in [4.69, 9.17) is 9.84 Å². The molecule has 2 N–H and O–H groups in total. The summed E-state index contributed by atoms with van der Waals surface area (Å²) in [5.41, 5.74) is 0.864. The number of carbonyl (C=O) groups is 2. The number of amides is 2. The normalized spacial score (nSPS) is 16.6. The zero-order valence-electron chi connectivity index (χ0n) is 15.0. The molecule has 1 aromatic heterocycles. The third kappa shape index (κ3) is 5.70. The van der Waals surface area contributed by atoms with E-state index >= 15 is 0 Å². The summed E-state index contributed by atoms with van der Waals surface area (Å²) in [6.07, 6.45) is 3.46. The summed E-state index contributed by atoms with van der Waals surface area (Å²) in [5.74, 6) is 0.417. The van der Waals surface area contributed by atoms with Crippen LogP contribution >= 0.6 is 0 Å². The van der Waals surface area contributed by atoms with Gasteiger partial charge in [-0.3, -0.25) is 4.79 Å². The zero-order valence-corrected chi connectivity index (χ0v) is 15.0. The smallest absolute Gasteiger partial charge is 0.317 e. The van der Waals surface area contributed by atoms with Gasteiger partial charge in [0.2, 0.25) is 5.88 Å². The number of para-hydroxylation sites is 1. The maximum absolute atomic E-state index is 12.3. The van der Waals surface area contributed by atoms with Crippen molar-refractivity contribution in [3.63, 3.8) is 0 Å². The second kappa shape index (κ2) is 9.02. The molecule has 0 aliphatic carbocycles. The van der Waals surface area contributed by atoms with Gasteiger partial charge in [0.25, 0.3) is 0 Å². The minimum absolute atomic E-state index is 0.0260. The second-order valence-corrected chi connectivity index (χ2v) is 6.63. The number of hydrogen-bond donors (Lipinski definition) is 2. The summed E-state index contributed by atoms with van der Waals surface area (Å²) in [6, 6.07) is 12.8. The summed E-state index contributed by atoms with van der Waals surface area (Å²) in [6.45, 7) is 1.50. The van der Waals surface area contributed by atoms with Crippen LogP contribution in [0.1, 0.15) is 24.8 Å². The number of benzene rings is 1. The predicted octanol–water partition coefficient (Wildman–Crippen LogP) is 3.27. The first-order valence-electron chi connectivity index (χ1n) is 9.02. The Balaban J connectivity index is 1.48. The lowest BCUT2D eigenvalue weighted by molar-refractivity contribution is -0.138. The fourth-order valence-corrected chi connectivity index (χ4v) is 3.14. The minimum atomic E-state index is -0.814. The highest BCUT2D eigenvalue weighted by Gasteiger charge is 2.25. The van der Waals surface area contributed by atoms with E-state index in [1.807, 2.05) is 36.4 Å². The molecule has 7 heteroatoms. The Hall–Kier alpha value is -3.09. The van der Waals surface area contributed by atoms with Crippen molar-refractivity contribution in [3.05, 3.63) is 54.2 Å². The van der Waals surface area contributed by atoms with E-state index in [-0.39, 0.29) is 18.4 Å². The van der Waals surface area contributed by atoms with E-state index in [0.29, 0.717) is 31.3 Å². The first-order valence-corrected chi connectivity index (χ1v) is 9.02. The SMILES string of the molecule is O=C(O)CC1CCCN(C(=O)NCc2ccc(Oc3ccccc3)nc2)C1. The Morgan fingerprint density at radius 2 is 2.04 bits per heavy atom. The fourth-order valence-electron chi connectivity index (χ4n) is 3.14. The van der Waals surface area contributed by atoms with E-state index in [0.717, 1.165) is 18.4 Å². The molecule has 0 bridgehead atoms. The number of aromatic nitrogens is 1. The van der Waals surface area contributed by atoms with Gasteiger partial charge in [0, 0.05) is 38.3 Å². The molecule has 142 valence electrons. The van der Waals surface area contributed by atoms with Crippen LogP contribution in [-0.4, -0.2) is 40.1 Å². The average Bonchev–Trinajstić information content (AvgIpc) is 2.68. The number of aliphatic carboxylic acids is 1. The van der Waals surface area contributed by atoms with E-state index < -0.39 is 5.97 Å². The molecule has 1 atom stereocenters. The Morgan fingerprint density at radius 3 is 2.74 bits per heavy atom. The monoisotopic (exact) mass is 369 g/mol. The number of nitrogens with zero attached hydrogens (tertiary/aromatic N) is 2. The topological polar surface area (TPSA) is 91.8 Å². The molecule has 2 heterocycles. The summed E-state index contributed by atoms with van der Waals surface area (Å²) in [5, 5.41) is 11.8. The van der Waals surface area contributed by atoms with Crippen molar-refractivity contribution >= 4 is 12.0 Å². The van der Waals surface area contributed by atoms with Crippen LogP contribution in [0.25, 0.3) is 0 Å². The molecule has 1 aliphatic heterocycles. The van der Waals surface area contributed by atoms with Crippen LogP contribution in [0, 0.1) is 5.92 Å². The third-order valence-electron chi connectivity index (χ3n) is 4.48. The lowest BCUT2D eigenvalue weighted by Gasteiger charge is -2.32. The number of carbonyl (C=O) groups excluding carboxylic acids is 1. The van der Waals surface area contributed by atoms with Crippen molar-refractivity contribution in [2.75, 3.05) is 13.1 Å². The number of nitrogens with one attached hydrogen (secondary N) is 1. The number of hydrogen-bond acceptors (Lipinski definition) is 4. The Bertz CT molecular complexity index is 765. The second-order valence-electron chi connectivity index (χ2n) is 6.63. The van der Waals surface area contributed by atoms with E-state index in [1.165, 1.54) is 0 Å². The highest BCUT2D eigenvalue weighted by Crippen LogP contribution is 2.20. The first-order chi connectivity index (χ1) is 13.1. The lowest BCUT2D eigenvalue weighted by atomic mass is 9.95. The largest absolute Gasteiger partial charge is 0.481 e. The zero-order chi connectivity index (χ0) is 19.1. The number of ether oxygens (including phenoxy) is 1. The van der Waals surface area contributed by atoms with Crippen molar-refractivity contribution in [2.45, 2.75) is 25.8 Å². The van der Waals surface area contributed by atoms with Crippen molar-refractivity contribution in [1.29, 1.82) is 0 Å². The van der Waals surface area contributed by atoms with Crippen LogP contribution in [-0.2, 0) is 11.3 Å². The van der Waals surface area contributed by atoms with Crippen LogP contribution in [0.5, 0.6) is 11.6 Å². The van der Waals surface area contributed by atoms with Crippen LogP contribution in [0.4, 0.5) is 4.79 Å². The molecule has 1 saturated heterocycles. The quantitative estimate of drug-likeness (QED) is 0.815. The van der Waals surface area contributed by atoms with E-state index in [9.17, 15) is 9.59 Å². The van der Waals surface area contributed by atoms with E-state index in [1.54, 1.807) is 17.2 Å². The molecular weight excluding hydrogens is 346 g/mol. The van der Waals surface area contributed by atoms with Gasteiger partial charge in [-0.15, -0.1) is 0 Å². The van der Waals surface area contributed by atoms with Crippen LogP contribution in [0.15, 0.2) is 48.7 Å². The van der Waals surface area contributed by atoms with Gasteiger partial charge in [-0.1, -0.05) is 24.3 Å². The molecule has 2 aromatic rings. The number of rotatable bonds is 6. The Kier molecular flexibility index (Phi) is 6.25. The van der Waals surface area contributed by atoms with Gasteiger partial charge < -0.3 is 20.1 Å². The molecule has 0 spiro atoms. The summed E-state index contributed by atoms with van der Waals surface area (Å²) >= 11 is 0. The number of likely N-dealkylation sites (tertiary alicyclic amines) is 1. The number of pyridine rings is 1. The highest BCUT2D eigenvalue weighted by molar-refractivity contribution is 5.74. The highest BCUT2D eigenvalue weighted by atomic mass is 16.5. The summed E-state index contributed by atoms with van der Waals surface area (Å²) < 4.78 is 5.64. The van der Waals surface area contributed by atoms with E-state index in [2.05, 4.69) is 10.3 Å². The third-order valence-corrected chi connectivity index (χ3v) is 4.48. The van der Waals surface area contributed by atoms with Crippen molar-refractivity contribution in [1.82, 2.24) is 15.2 Å². The van der Waals surface area contributed by atoms with Gasteiger partial charge in [-0.2, -0.15) is 0 Å². The van der Waals surface area contributed by atoms with Crippen molar-refractivity contribution in [2.24, 2.45) is 5.92 Å². The molecule has 0 radical (unpaired) electrons. The molecule has 1 fully saturated rings. The average molecular weight is 369 g/mol. The molecular formula is C20H23N3O4. The van der Waals surface area contributed by atoms with Gasteiger partial charge in [0.15, 0.2) is 0 Å². The number of carboxylic acids is 1. The molecule has 7 nitrogen and oxygen atoms in total. The van der Waals surface area contributed by atoms with Gasteiger partial charge in [-0.25, -0.2) is 9.78 Å². The molecule has 1 aliphatic rings. The maximum Gasteiger partial charge on any atom is 0.317 e. The number of piperidine rings is 1. The van der Waals surface area contributed by atoms with Gasteiger partial charge in [0.1, 0.15) is 5.75 Å². The molecule has 3 rings (SSSR count). The van der Waals surface area contributed by atoms with Gasteiger partial charge in [-0.05, 0) is 36.5 Å². The van der Waals surface area contributed by atoms with Crippen LogP contribution in [0.3, 0.4) is 0 Å². The molecule has 2 amide bonds. The Labute approximate surface area is 158 Å². The van der Waals surface area contributed by atoms with Crippen molar-refractivity contribution < 1.29 is 19.4 Å².